The summed E-state index contributed by atoms with van der Waals surface area (Å²) in [5.41, 5.74) is 0.290. The second kappa shape index (κ2) is 6.77. The van der Waals surface area contributed by atoms with Gasteiger partial charge in [0, 0.05) is 26.2 Å². The number of hydrogen-bond donors (Lipinski definition) is 2. The van der Waals surface area contributed by atoms with Crippen molar-refractivity contribution >= 4 is 17.3 Å². The first-order valence-corrected chi connectivity index (χ1v) is 7.93. The number of ether oxygens (including phenoxy) is 1. The lowest BCUT2D eigenvalue weighted by Crippen LogP contribution is -2.42. The molecule has 1 aliphatic carbocycles. The lowest BCUT2D eigenvalue weighted by Gasteiger charge is -2.26. The number of hydrogen-bond acceptors (Lipinski definition) is 5. The molecule has 1 aromatic heterocycles. The molecule has 0 amide bonds. The van der Waals surface area contributed by atoms with Crippen molar-refractivity contribution in [3.8, 4) is 0 Å². The van der Waals surface area contributed by atoms with Crippen LogP contribution < -0.4 is 16.2 Å². The van der Waals surface area contributed by atoms with Crippen molar-refractivity contribution in [1.29, 1.82) is 0 Å². The molecule has 2 fully saturated rings. The third-order valence-corrected chi connectivity index (χ3v) is 4.45. The lowest BCUT2D eigenvalue weighted by molar-refractivity contribution is 0.0372. The van der Waals surface area contributed by atoms with Crippen LogP contribution in [0, 0.1) is 5.92 Å². The van der Waals surface area contributed by atoms with Crippen LogP contribution in [0.25, 0.3) is 0 Å². The summed E-state index contributed by atoms with van der Waals surface area (Å²) in [5, 5.41) is 10.9. The summed E-state index contributed by atoms with van der Waals surface area (Å²) in [6.07, 6.45) is 5.22. The topological polar surface area (TPSA) is 68.2 Å². The van der Waals surface area contributed by atoms with Crippen molar-refractivity contribution in [2.24, 2.45) is 5.92 Å². The van der Waals surface area contributed by atoms with Crippen molar-refractivity contribution in [3.63, 3.8) is 0 Å². The lowest BCUT2D eigenvalue weighted by atomic mass is 9.85. The van der Waals surface area contributed by atoms with Gasteiger partial charge in [0.05, 0.1) is 23.9 Å². The number of halogens is 1. The maximum absolute atomic E-state index is 12.4. The van der Waals surface area contributed by atoms with Gasteiger partial charge in [-0.1, -0.05) is 18.0 Å². The smallest absolute Gasteiger partial charge is 0.291 e. The molecule has 1 aliphatic heterocycles. The molecule has 0 radical (unpaired) electrons. The van der Waals surface area contributed by atoms with Crippen molar-refractivity contribution in [1.82, 2.24) is 15.1 Å². The van der Waals surface area contributed by atoms with E-state index in [1.54, 1.807) is 6.20 Å². The molecular weight excluding hydrogens is 292 g/mol. The highest BCUT2D eigenvalue weighted by Crippen LogP contribution is 2.27. The van der Waals surface area contributed by atoms with E-state index in [9.17, 15) is 4.79 Å². The van der Waals surface area contributed by atoms with E-state index < -0.39 is 0 Å². The van der Waals surface area contributed by atoms with Crippen molar-refractivity contribution < 1.29 is 4.74 Å². The van der Waals surface area contributed by atoms with Crippen LogP contribution in [-0.2, 0) is 11.3 Å². The Bertz CT molecular complexity index is 538. The predicted octanol–water partition coefficient (Wildman–Crippen LogP) is 1.10. The average molecular weight is 313 g/mol. The van der Waals surface area contributed by atoms with Gasteiger partial charge in [0.2, 0.25) is 0 Å². The van der Waals surface area contributed by atoms with Gasteiger partial charge < -0.3 is 15.4 Å². The Morgan fingerprint density at radius 1 is 1.52 bits per heavy atom. The highest BCUT2D eigenvalue weighted by Gasteiger charge is 2.21. The molecule has 0 spiro atoms. The summed E-state index contributed by atoms with van der Waals surface area (Å²) in [5.74, 6) is 0.579. The normalized spacial score (nSPS) is 22.8. The van der Waals surface area contributed by atoms with Gasteiger partial charge in [-0.05, 0) is 18.8 Å². The molecule has 3 rings (SSSR count). The summed E-state index contributed by atoms with van der Waals surface area (Å²) in [4.78, 5) is 12.4. The molecule has 0 aromatic carbocycles. The largest absolute Gasteiger partial charge is 0.377 e. The number of nitrogens with one attached hydrogen (secondary N) is 2. The zero-order valence-electron chi connectivity index (χ0n) is 12.0. The van der Waals surface area contributed by atoms with Gasteiger partial charge in [0.25, 0.3) is 5.56 Å². The molecule has 116 valence electrons. The van der Waals surface area contributed by atoms with E-state index >= 15 is 0 Å². The maximum atomic E-state index is 12.4. The predicted molar refractivity (Wildman–Crippen MR) is 81.9 cm³/mol. The minimum atomic E-state index is -0.141. The Balaban J connectivity index is 1.67. The molecule has 2 heterocycles. The molecule has 6 nitrogen and oxygen atoms in total. The van der Waals surface area contributed by atoms with E-state index in [2.05, 4.69) is 15.7 Å². The Kier molecular flexibility index (Phi) is 4.77. The standard InChI is InChI=1S/C14H21ClN4O2/c15-12-8-18-19(9-10-2-1-3-10)14(20)13(12)17-7-11-6-16-4-5-21-11/h8,10-11,16-17H,1-7,9H2. The van der Waals surface area contributed by atoms with E-state index in [1.165, 1.54) is 23.9 Å². The number of morpholine rings is 1. The molecule has 21 heavy (non-hydrogen) atoms. The minimum Gasteiger partial charge on any atom is -0.377 e. The number of nitrogens with zero attached hydrogens (tertiary/aromatic N) is 2. The fourth-order valence-electron chi connectivity index (χ4n) is 2.65. The molecule has 1 atom stereocenters. The summed E-state index contributed by atoms with van der Waals surface area (Å²) in [6.45, 7) is 3.61. The zero-order chi connectivity index (χ0) is 14.7. The summed E-state index contributed by atoms with van der Waals surface area (Å²) < 4.78 is 7.13. The monoisotopic (exact) mass is 312 g/mol. The summed E-state index contributed by atoms with van der Waals surface area (Å²) >= 11 is 6.11. The Morgan fingerprint density at radius 2 is 2.38 bits per heavy atom. The highest BCUT2D eigenvalue weighted by molar-refractivity contribution is 6.32. The number of aromatic nitrogens is 2. The molecule has 0 bridgehead atoms. The highest BCUT2D eigenvalue weighted by atomic mass is 35.5. The Labute approximate surface area is 128 Å². The van der Waals surface area contributed by atoms with Crippen molar-refractivity contribution in [2.45, 2.75) is 31.9 Å². The molecule has 2 N–H and O–H groups in total. The number of rotatable bonds is 5. The van der Waals surface area contributed by atoms with E-state index in [-0.39, 0.29) is 11.7 Å². The van der Waals surface area contributed by atoms with Gasteiger partial charge in [-0.2, -0.15) is 5.10 Å². The van der Waals surface area contributed by atoms with Crippen molar-refractivity contribution in [3.05, 3.63) is 21.6 Å². The fourth-order valence-corrected chi connectivity index (χ4v) is 2.84. The first kappa shape index (κ1) is 14.8. The van der Waals surface area contributed by atoms with E-state index in [0.717, 1.165) is 13.1 Å². The molecule has 1 unspecified atom stereocenters. The zero-order valence-corrected chi connectivity index (χ0v) is 12.7. The van der Waals surface area contributed by atoms with Crippen LogP contribution in [-0.4, -0.2) is 42.1 Å². The van der Waals surface area contributed by atoms with Crippen LogP contribution >= 0.6 is 11.6 Å². The second-order valence-electron chi connectivity index (χ2n) is 5.73. The maximum Gasteiger partial charge on any atom is 0.291 e. The van der Waals surface area contributed by atoms with Gasteiger partial charge in [-0.25, -0.2) is 4.68 Å². The second-order valence-corrected chi connectivity index (χ2v) is 6.14. The first-order chi connectivity index (χ1) is 10.2. The first-order valence-electron chi connectivity index (χ1n) is 7.56. The SMILES string of the molecule is O=c1c(NCC2CNCCO2)c(Cl)cnn1CC1CCC1. The van der Waals surface area contributed by atoms with Crippen LogP contribution in [0.15, 0.2) is 11.0 Å². The number of anilines is 1. The van der Waals surface area contributed by atoms with Crippen molar-refractivity contribution in [2.75, 3.05) is 31.6 Å². The quantitative estimate of drug-likeness (QED) is 0.852. The third kappa shape index (κ3) is 3.56. The van der Waals surface area contributed by atoms with Gasteiger partial charge in [0.15, 0.2) is 0 Å². The van der Waals surface area contributed by atoms with Crippen LogP contribution in [0.5, 0.6) is 0 Å². The summed E-state index contributed by atoms with van der Waals surface area (Å²) in [7, 11) is 0. The minimum absolute atomic E-state index is 0.0578. The van der Waals surface area contributed by atoms with Crippen LogP contribution in [0.2, 0.25) is 5.02 Å². The van der Waals surface area contributed by atoms with E-state index in [0.29, 0.717) is 36.3 Å². The molecule has 7 heteroatoms. The average Bonchev–Trinajstić information content (AvgIpc) is 2.45. The molecule has 1 saturated carbocycles. The van der Waals surface area contributed by atoms with Gasteiger partial charge in [0.1, 0.15) is 5.69 Å². The fraction of sp³-hybridized carbons (Fsp3) is 0.714. The van der Waals surface area contributed by atoms with E-state index in [1.807, 2.05) is 0 Å². The van der Waals surface area contributed by atoms with E-state index in [4.69, 9.17) is 16.3 Å². The third-order valence-electron chi connectivity index (χ3n) is 4.16. The van der Waals surface area contributed by atoms with Crippen LogP contribution in [0.3, 0.4) is 0 Å². The van der Waals surface area contributed by atoms with Gasteiger partial charge in [-0.3, -0.25) is 4.79 Å². The van der Waals surface area contributed by atoms with Gasteiger partial charge >= 0.3 is 0 Å². The molecule has 1 aromatic rings. The van der Waals surface area contributed by atoms with Gasteiger partial charge in [-0.15, -0.1) is 0 Å². The van der Waals surface area contributed by atoms with Crippen LogP contribution in [0.4, 0.5) is 5.69 Å². The Hall–Kier alpha value is -1.11. The molecule has 2 aliphatic rings. The summed E-state index contributed by atoms with van der Waals surface area (Å²) in [6, 6.07) is 0. The van der Waals surface area contributed by atoms with Crippen LogP contribution in [0.1, 0.15) is 19.3 Å². The Morgan fingerprint density at radius 3 is 3.05 bits per heavy atom. The molecular formula is C14H21ClN4O2. The molecule has 1 saturated heterocycles.